The number of hydrogen-bond donors (Lipinski definition) is 0. The number of benzene rings is 1. The number of ether oxygens (including phenoxy) is 2. The van der Waals surface area contributed by atoms with Crippen LogP contribution in [0, 0.1) is 5.41 Å². The summed E-state index contributed by atoms with van der Waals surface area (Å²) in [5.74, 6) is 1.26. The molecule has 2 rings (SSSR count). The van der Waals surface area contributed by atoms with Crippen molar-refractivity contribution >= 4 is 23.2 Å². The zero-order valence-corrected chi connectivity index (χ0v) is 13.9. The molecule has 0 amide bonds. The van der Waals surface area contributed by atoms with E-state index in [4.69, 9.17) is 32.7 Å². The van der Waals surface area contributed by atoms with Gasteiger partial charge in [0.2, 0.25) is 0 Å². The Bertz CT molecular complexity index is 468. The van der Waals surface area contributed by atoms with Gasteiger partial charge in [-0.1, -0.05) is 37.4 Å². The van der Waals surface area contributed by atoms with E-state index in [1.807, 2.05) is 12.1 Å². The standard InChI is InChI=1S/C16H22Cl2O2/c1-4-16(9-5-6-10-16)15(18)11-7-8-12(19-2)13(17)14(11)20-3/h7-8,15H,4-6,9-10H2,1-3H3. The summed E-state index contributed by atoms with van der Waals surface area (Å²) in [4.78, 5) is 0. The monoisotopic (exact) mass is 316 g/mol. The van der Waals surface area contributed by atoms with Crippen LogP contribution in [0.2, 0.25) is 5.02 Å². The van der Waals surface area contributed by atoms with E-state index in [1.165, 1.54) is 25.7 Å². The van der Waals surface area contributed by atoms with Crippen LogP contribution in [0.5, 0.6) is 11.5 Å². The van der Waals surface area contributed by atoms with Crippen molar-refractivity contribution in [1.82, 2.24) is 0 Å². The lowest BCUT2D eigenvalue weighted by atomic mass is 9.77. The van der Waals surface area contributed by atoms with E-state index in [9.17, 15) is 0 Å². The number of hydrogen-bond acceptors (Lipinski definition) is 2. The van der Waals surface area contributed by atoms with E-state index in [0.717, 1.165) is 12.0 Å². The van der Waals surface area contributed by atoms with Gasteiger partial charge in [0.1, 0.15) is 16.5 Å². The first kappa shape index (κ1) is 15.8. The van der Waals surface area contributed by atoms with Gasteiger partial charge in [0.15, 0.2) is 0 Å². The van der Waals surface area contributed by atoms with Crippen LogP contribution < -0.4 is 9.47 Å². The molecule has 0 aromatic heterocycles. The van der Waals surface area contributed by atoms with E-state index in [2.05, 4.69) is 6.92 Å². The van der Waals surface area contributed by atoms with Crippen molar-refractivity contribution in [1.29, 1.82) is 0 Å². The Morgan fingerprint density at radius 1 is 1.20 bits per heavy atom. The Balaban J connectivity index is 2.44. The maximum Gasteiger partial charge on any atom is 0.145 e. The van der Waals surface area contributed by atoms with Crippen LogP contribution in [-0.2, 0) is 0 Å². The van der Waals surface area contributed by atoms with Crippen molar-refractivity contribution in [2.75, 3.05) is 14.2 Å². The molecule has 1 aromatic rings. The molecule has 0 saturated heterocycles. The van der Waals surface area contributed by atoms with Crippen molar-refractivity contribution in [2.45, 2.75) is 44.4 Å². The zero-order chi connectivity index (χ0) is 14.8. The smallest absolute Gasteiger partial charge is 0.145 e. The summed E-state index contributed by atoms with van der Waals surface area (Å²) in [5, 5.41) is 0.427. The maximum absolute atomic E-state index is 6.84. The largest absolute Gasteiger partial charge is 0.495 e. The van der Waals surface area contributed by atoms with Gasteiger partial charge in [-0.05, 0) is 30.7 Å². The third kappa shape index (κ3) is 2.60. The Morgan fingerprint density at radius 2 is 1.85 bits per heavy atom. The fourth-order valence-electron chi connectivity index (χ4n) is 3.31. The second-order valence-electron chi connectivity index (χ2n) is 5.49. The SMILES string of the molecule is CCC1(C(Cl)c2ccc(OC)c(Cl)c2OC)CCCC1. The molecule has 0 heterocycles. The molecule has 2 nitrogen and oxygen atoms in total. The van der Waals surface area contributed by atoms with E-state index in [0.29, 0.717) is 16.5 Å². The van der Waals surface area contributed by atoms with Crippen molar-refractivity contribution < 1.29 is 9.47 Å². The van der Waals surface area contributed by atoms with Crippen LogP contribution in [-0.4, -0.2) is 14.2 Å². The first-order chi connectivity index (χ1) is 9.59. The Hall–Kier alpha value is -0.600. The predicted octanol–water partition coefficient (Wildman–Crippen LogP) is 5.61. The Labute approximate surface area is 131 Å². The normalized spacial score (nSPS) is 18.9. The second kappa shape index (κ2) is 6.44. The Kier molecular flexibility index (Phi) is 5.09. The van der Waals surface area contributed by atoms with Gasteiger partial charge in [-0.15, -0.1) is 11.6 Å². The van der Waals surface area contributed by atoms with Gasteiger partial charge in [0, 0.05) is 5.56 Å². The minimum atomic E-state index is -0.0756. The van der Waals surface area contributed by atoms with Gasteiger partial charge in [0.05, 0.1) is 19.6 Å². The van der Waals surface area contributed by atoms with Gasteiger partial charge >= 0.3 is 0 Å². The molecule has 20 heavy (non-hydrogen) atoms. The summed E-state index contributed by atoms with van der Waals surface area (Å²) in [7, 11) is 3.23. The maximum atomic E-state index is 6.84. The molecule has 112 valence electrons. The molecule has 0 bridgehead atoms. The summed E-state index contributed by atoms with van der Waals surface area (Å²) in [6, 6.07) is 3.85. The highest BCUT2D eigenvalue weighted by Crippen LogP contribution is 2.56. The van der Waals surface area contributed by atoms with E-state index < -0.39 is 0 Å². The molecule has 0 radical (unpaired) electrons. The molecule has 4 heteroatoms. The third-order valence-corrected chi connectivity index (χ3v) is 5.69. The highest BCUT2D eigenvalue weighted by Gasteiger charge is 2.41. The fraction of sp³-hybridized carbons (Fsp3) is 0.625. The van der Waals surface area contributed by atoms with Crippen LogP contribution in [0.1, 0.15) is 50.0 Å². The molecule has 1 fully saturated rings. The van der Waals surface area contributed by atoms with Crippen LogP contribution in [0.15, 0.2) is 12.1 Å². The summed E-state index contributed by atoms with van der Waals surface area (Å²) in [6.07, 6.45) is 5.93. The molecular formula is C16H22Cl2O2. The molecule has 1 unspecified atom stereocenters. The summed E-state index contributed by atoms with van der Waals surface area (Å²) >= 11 is 13.2. The number of halogens is 2. The minimum absolute atomic E-state index is 0.0756. The molecule has 1 aromatic carbocycles. The molecule has 0 N–H and O–H groups in total. The third-order valence-electron chi connectivity index (χ3n) is 4.63. The van der Waals surface area contributed by atoms with Crippen molar-refractivity contribution in [3.8, 4) is 11.5 Å². The van der Waals surface area contributed by atoms with Crippen LogP contribution in [0.3, 0.4) is 0 Å². The molecule has 1 aliphatic rings. The van der Waals surface area contributed by atoms with E-state index >= 15 is 0 Å². The molecule has 1 atom stereocenters. The number of alkyl halides is 1. The lowest BCUT2D eigenvalue weighted by Gasteiger charge is -2.34. The van der Waals surface area contributed by atoms with Crippen molar-refractivity contribution in [2.24, 2.45) is 5.41 Å². The fourth-order valence-corrected chi connectivity index (χ4v) is 4.18. The first-order valence-electron chi connectivity index (χ1n) is 7.14. The molecule has 1 aliphatic carbocycles. The lowest BCUT2D eigenvalue weighted by molar-refractivity contribution is 0.266. The van der Waals surface area contributed by atoms with Gasteiger partial charge in [-0.25, -0.2) is 0 Å². The quantitative estimate of drug-likeness (QED) is 0.657. The van der Waals surface area contributed by atoms with Crippen LogP contribution >= 0.6 is 23.2 Å². The molecule has 0 spiro atoms. The first-order valence-corrected chi connectivity index (χ1v) is 7.95. The van der Waals surface area contributed by atoms with Crippen molar-refractivity contribution in [3.63, 3.8) is 0 Å². The van der Waals surface area contributed by atoms with E-state index in [1.54, 1.807) is 14.2 Å². The summed E-state index contributed by atoms with van der Waals surface area (Å²) < 4.78 is 10.7. The summed E-state index contributed by atoms with van der Waals surface area (Å²) in [6.45, 7) is 2.22. The lowest BCUT2D eigenvalue weighted by Crippen LogP contribution is -2.22. The average Bonchev–Trinajstić information content (AvgIpc) is 2.96. The average molecular weight is 317 g/mol. The van der Waals surface area contributed by atoms with Gasteiger partial charge in [-0.3, -0.25) is 0 Å². The van der Waals surface area contributed by atoms with E-state index in [-0.39, 0.29) is 10.8 Å². The van der Waals surface area contributed by atoms with Crippen LogP contribution in [0.4, 0.5) is 0 Å². The highest BCUT2D eigenvalue weighted by molar-refractivity contribution is 6.34. The molecule has 1 saturated carbocycles. The predicted molar refractivity (Wildman–Crippen MR) is 84.3 cm³/mol. The van der Waals surface area contributed by atoms with Gasteiger partial charge in [-0.2, -0.15) is 0 Å². The summed E-state index contributed by atoms with van der Waals surface area (Å²) in [5.41, 5.74) is 1.14. The number of methoxy groups -OCH3 is 2. The van der Waals surface area contributed by atoms with Gasteiger partial charge in [0.25, 0.3) is 0 Å². The number of rotatable bonds is 5. The minimum Gasteiger partial charge on any atom is -0.495 e. The molecule has 0 aliphatic heterocycles. The zero-order valence-electron chi connectivity index (χ0n) is 12.3. The topological polar surface area (TPSA) is 18.5 Å². The second-order valence-corrected chi connectivity index (χ2v) is 6.30. The molecular weight excluding hydrogens is 295 g/mol. The van der Waals surface area contributed by atoms with Crippen molar-refractivity contribution in [3.05, 3.63) is 22.7 Å². The Morgan fingerprint density at radius 3 is 2.35 bits per heavy atom. The highest BCUT2D eigenvalue weighted by atomic mass is 35.5. The van der Waals surface area contributed by atoms with Crippen LogP contribution in [0.25, 0.3) is 0 Å². The van der Waals surface area contributed by atoms with Gasteiger partial charge < -0.3 is 9.47 Å².